The van der Waals surface area contributed by atoms with E-state index in [-0.39, 0.29) is 11.5 Å². The zero-order chi connectivity index (χ0) is 17.4. The first-order chi connectivity index (χ1) is 10.9. The highest BCUT2D eigenvalue weighted by molar-refractivity contribution is 5.69. The van der Waals surface area contributed by atoms with Crippen molar-refractivity contribution in [2.45, 2.75) is 6.92 Å². The van der Waals surface area contributed by atoms with Crippen molar-refractivity contribution in [3.8, 4) is 23.0 Å². The number of halogens is 2. The number of phenols is 1. The molecule has 0 aliphatic rings. The Morgan fingerprint density at radius 3 is 2.00 bits per heavy atom. The number of hydrogen-bond donors (Lipinski definition) is 1. The Labute approximate surface area is 132 Å². The first kappa shape index (κ1) is 18.2. The Kier molecular flexibility index (Phi) is 6.79. The van der Waals surface area contributed by atoms with Crippen molar-refractivity contribution < 1.29 is 32.9 Å². The molecule has 0 saturated carbocycles. The zero-order valence-corrected chi connectivity index (χ0v) is 12.8. The van der Waals surface area contributed by atoms with Gasteiger partial charge in [-0.1, -0.05) is 6.07 Å². The minimum atomic E-state index is -1.03. The highest BCUT2D eigenvalue weighted by Gasteiger charge is 2.05. The van der Waals surface area contributed by atoms with Crippen LogP contribution in [0.2, 0.25) is 0 Å². The van der Waals surface area contributed by atoms with Gasteiger partial charge in [-0.05, 0) is 24.3 Å². The van der Waals surface area contributed by atoms with Gasteiger partial charge in [-0.15, -0.1) is 0 Å². The van der Waals surface area contributed by atoms with Crippen LogP contribution < -0.4 is 14.2 Å². The molecule has 23 heavy (non-hydrogen) atoms. The second-order valence-corrected chi connectivity index (χ2v) is 4.18. The fourth-order valence-corrected chi connectivity index (χ4v) is 1.54. The van der Waals surface area contributed by atoms with Gasteiger partial charge in [0.2, 0.25) is 5.75 Å². The van der Waals surface area contributed by atoms with E-state index in [9.17, 15) is 18.7 Å². The van der Waals surface area contributed by atoms with E-state index in [2.05, 4.69) is 4.74 Å². The van der Waals surface area contributed by atoms with Gasteiger partial charge in [-0.2, -0.15) is 0 Å². The Balaban J connectivity index is 0.000000231. The number of aromatic hydroxyl groups is 1. The fraction of sp³-hybridized carbons (Fsp3) is 0.188. The van der Waals surface area contributed by atoms with Gasteiger partial charge in [0.15, 0.2) is 23.1 Å². The van der Waals surface area contributed by atoms with Crippen LogP contribution in [0.3, 0.4) is 0 Å². The average molecular weight is 326 g/mol. The van der Waals surface area contributed by atoms with Crippen molar-refractivity contribution >= 4 is 5.97 Å². The molecular weight excluding hydrogens is 310 g/mol. The number of phenolic OH excluding ortho intramolecular Hbond substituents is 1. The molecule has 0 aliphatic carbocycles. The molecule has 0 amide bonds. The topological polar surface area (TPSA) is 65.0 Å². The molecule has 2 aromatic rings. The largest absolute Gasteiger partial charge is 0.502 e. The maximum Gasteiger partial charge on any atom is 0.308 e. The fourth-order valence-electron chi connectivity index (χ4n) is 1.54. The molecule has 0 heterocycles. The lowest BCUT2D eigenvalue weighted by Gasteiger charge is -2.06. The average Bonchev–Trinajstić information content (AvgIpc) is 2.51. The van der Waals surface area contributed by atoms with Crippen LogP contribution >= 0.6 is 0 Å². The van der Waals surface area contributed by atoms with E-state index in [1.54, 1.807) is 18.2 Å². The second kappa shape index (κ2) is 8.57. The number of methoxy groups -OCH3 is 2. The quantitative estimate of drug-likeness (QED) is 0.692. The molecule has 7 heteroatoms. The third-order valence-corrected chi connectivity index (χ3v) is 2.55. The lowest BCUT2D eigenvalue weighted by Crippen LogP contribution is -2.01. The predicted molar refractivity (Wildman–Crippen MR) is 78.9 cm³/mol. The van der Waals surface area contributed by atoms with Gasteiger partial charge >= 0.3 is 5.97 Å². The summed E-state index contributed by atoms with van der Waals surface area (Å²) in [5.41, 5.74) is 0. The Morgan fingerprint density at radius 1 is 1.00 bits per heavy atom. The normalized spacial score (nSPS) is 9.43. The van der Waals surface area contributed by atoms with Crippen LogP contribution in [0.5, 0.6) is 23.0 Å². The van der Waals surface area contributed by atoms with Crippen LogP contribution in [0, 0.1) is 11.6 Å². The van der Waals surface area contributed by atoms with Crippen molar-refractivity contribution in [1.82, 2.24) is 0 Å². The van der Waals surface area contributed by atoms with E-state index in [1.165, 1.54) is 27.2 Å². The number of ether oxygens (including phenoxy) is 3. The molecule has 0 aromatic heterocycles. The van der Waals surface area contributed by atoms with Crippen LogP contribution in [-0.4, -0.2) is 25.3 Å². The Morgan fingerprint density at radius 2 is 1.57 bits per heavy atom. The molecule has 0 fully saturated rings. The number of benzene rings is 2. The van der Waals surface area contributed by atoms with Gasteiger partial charge in [-0.3, -0.25) is 4.79 Å². The van der Waals surface area contributed by atoms with Crippen molar-refractivity contribution in [3.63, 3.8) is 0 Å². The molecule has 0 atom stereocenters. The molecule has 2 aromatic carbocycles. The molecule has 2 rings (SSSR count). The maximum absolute atomic E-state index is 12.5. The van der Waals surface area contributed by atoms with Crippen LogP contribution in [0.1, 0.15) is 6.92 Å². The molecule has 0 saturated heterocycles. The highest BCUT2D eigenvalue weighted by atomic mass is 19.2. The monoisotopic (exact) mass is 326 g/mol. The number of esters is 1. The Hall–Kier alpha value is -2.83. The van der Waals surface area contributed by atoms with Crippen LogP contribution in [0.25, 0.3) is 0 Å². The maximum atomic E-state index is 12.5. The van der Waals surface area contributed by atoms with Gasteiger partial charge in [-0.25, -0.2) is 8.78 Å². The second-order valence-electron chi connectivity index (χ2n) is 4.18. The molecule has 0 bridgehead atoms. The third kappa shape index (κ3) is 5.46. The molecule has 0 aliphatic heterocycles. The van der Waals surface area contributed by atoms with Gasteiger partial charge in [0.25, 0.3) is 0 Å². The molecule has 0 unspecified atom stereocenters. The van der Waals surface area contributed by atoms with Crippen molar-refractivity contribution in [2.24, 2.45) is 0 Å². The van der Waals surface area contributed by atoms with Gasteiger partial charge in [0.1, 0.15) is 5.75 Å². The van der Waals surface area contributed by atoms with E-state index in [4.69, 9.17) is 9.47 Å². The summed E-state index contributed by atoms with van der Waals surface area (Å²) in [7, 11) is 2.99. The lowest BCUT2D eigenvalue weighted by molar-refractivity contribution is -0.131. The lowest BCUT2D eigenvalue weighted by atomic mass is 10.3. The van der Waals surface area contributed by atoms with Gasteiger partial charge in [0, 0.05) is 13.0 Å². The summed E-state index contributed by atoms with van der Waals surface area (Å²) < 4.78 is 39.0. The standard InChI is InChI=1S/C8H6F2O2.C8H10O3/c1-5(11)12-6-2-3-7(9)8(10)4-6;1-10-6-4-3-5-7(11-2)8(6)9/h2-4H,1H3;3-5,9H,1-2H3. The molecule has 124 valence electrons. The summed E-state index contributed by atoms with van der Waals surface area (Å²) >= 11 is 0. The smallest absolute Gasteiger partial charge is 0.308 e. The summed E-state index contributed by atoms with van der Waals surface area (Å²) in [5.74, 6) is -1.69. The predicted octanol–water partition coefficient (Wildman–Crippen LogP) is 3.30. The van der Waals surface area contributed by atoms with Crippen molar-refractivity contribution in [1.29, 1.82) is 0 Å². The first-order valence-corrected chi connectivity index (χ1v) is 6.42. The van der Waals surface area contributed by atoms with Crippen LogP contribution in [-0.2, 0) is 4.79 Å². The number of hydrogen-bond acceptors (Lipinski definition) is 5. The number of carbonyl (C=O) groups excluding carboxylic acids is 1. The minimum absolute atomic E-state index is 0.00130. The highest BCUT2D eigenvalue weighted by Crippen LogP contribution is 2.34. The van der Waals surface area contributed by atoms with E-state index in [0.717, 1.165) is 12.1 Å². The third-order valence-electron chi connectivity index (χ3n) is 2.55. The summed E-state index contributed by atoms with van der Waals surface area (Å²) in [6.07, 6.45) is 0. The molecule has 1 N–H and O–H groups in total. The van der Waals surface area contributed by atoms with Crippen molar-refractivity contribution in [3.05, 3.63) is 48.0 Å². The van der Waals surface area contributed by atoms with E-state index >= 15 is 0 Å². The van der Waals surface area contributed by atoms with E-state index in [0.29, 0.717) is 11.5 Å². The summed E-state index contributed by atoms with van der Waals surface area (Å²) in [4.78, 5) is 10.4. The molecule has 0 spiro atoms. The molecular formula is C16H16F2O5. The van der Waals surface area contributed by atoms with E-state index < -0.39 is 17.6 Å². The first-order valence-electron chi connectivity index (χ1n) is 6.42. The minimum Gasteiger partial charge on any atom is -0.502 e. The van der Waals surface area contributed by atoms with Gasteiger partial charge < -0.3 is 19.3 Å². The summed E-state index contributed by atoms with van der Waals surface area (Å²) in [5, 5.41) is 9.34. The van der Waals surface area contributed by atoms with Crippen molar-refractivity contribution in [2.75, 3.05) is 14.2 Å². The number of carbonyl (C=O) groups is 1. The summed E-state index contributed by atoms with van der Waals surface area (Å²) in [6.45, 7) is 1.18. The van der Waals surface area contributed by atoms with Gasteiger partial charge in [0.05, 0.1) is 14.2 Å². The summed E-state index contributed by atoms with van der Waals surface area (Å²) in [6, 6.07) is 7.97. The van der Waals surface area contributed by atoms with E-state index in [1.807, 2.05) is 0 Å². The number of rotatable bonds is 3. The SMILES string of the molecule is CC(=O)Oc1ccc(F)c(F)c1.COc1cccc(OC)c1O. The molecule has 5 nitrogen and oxygen atoms in total. The Bertz CT molecular complexity index is 651. The molecule has 0 radical (unpaired) electrons. The number of para-hydroxylation sites is 1. The van der Waals surface area contributed by atoms with Crippen LogP contribution in [0.15, 0.2) is 36.4 Å². The zero-order valence-electron chi connectivity index (χ0n) is 12.8. The van der Waals surface area contributed by atoms with Crippen LogP contribution in [0.4, 0.5) is 8.78 Å².